The minimum absolute atomic E-state index is 1.13. The van der Waals surface area contributed by atoms with E-state index in [2.05, 4.69) is 157 Å². The van der Waals surface area contributed by atoms with Crippen LogP contribution in [-0.4, -0.2) is 0 Å². The van der Waals surface area contributed by atoms with E-state index in [0.717, 1.165) is 17.1 Å². The van der Waals surface area contributed by atoms with Crippen LogP contribution in [0.15, 0.2) is 140 Å². The van der Waals surface area contributed by atoms with Crippen molar-refractivity contribution in [2.24, 2.45) is 0 Å². The molecule has 5 rings (SSSR count). The van der Waals surface area contributed by atoms with Crippen molar-refractivity contribution < 1.29 is 0 Å². The second-order valence-electron chi connectivity index (χ2n) is 8.39. The van der Waals surface area contributed by atoms with Crippen LogP contribution in [0.25, 0.3) is 11.6 Å². The van der Waals surface area contributed by atoms with Crippen molar-refractivity contribution in [3.8, 4) is 0 Å². The van der Waals surface area contributed by atoms with Crippen LogP contribution in [-0.2, 0) is 0 Å². The molecule has 0 aliphatic carbocycles. The molecule has 0 fully saturated rings. The average molecular weight is 438 g/mol. The van der Waals surface area contributed by atoms with Gasteiger partial charge in [-0.15, -0.1) is 0 Å². The first-order chi connectivity index (χ1) is 16.8. The number of rotatable bonds is 6. The van der Waals surface area contributed by atoms with Crippen LogP contribution in [0.4, 0.5) is 17.1 Å². The van der Waals surface area contributed by atoms with Crippen molar-refractivity contribution in [3.05, 3.63) is 162 Å². The highest BCUT2D eigenvalue weighted by atomic mass is 15.1. The number of benzene rings is 5. The zero-order valence-electron chi connectivity index (χ0n) is 19.3. The van der Waals surface area contributed by atoms with E-state index in [9.17, 15) is 0 Å². The number of hydrogen-bond acceptors (Lipinski definition) is 1. The zero-order chi connectivity index (χ0) is 23.2. The fourth-order valence-corrected chi connectivity index (χ4v) is 4.17. The Balaban J connectivity index is 1.54. The molecule has 0 saturated carbocycles. The van der Waals surface area contributed by atoms with Gasteiger partial charge in [-0.3, -0.25) is 0 Å². The molecule has 0 amide bonds. The number of anilines is 3. The van der Waals surface area contributed by atoms with Gasteiger partial charge in [0.15, 0.2) is 0 Å². The van der Waals surface area contributed by atoms with Gasteiger partial charge in [0, 0.05) is 17.1 Å². The lowest BCUT2D eigenvalue weighted by Gasteiger charge is -2.25. The van der Waals surface area contributed by atoms with E-state index >= 15 is 0 Å². The standard InChI is InChI=1S/C33H27N/c1-26-17-21-29(22-18-26)33(28-11-5-2-6-12-28)25-27-19-23-32(24-20-27)34(30-13-7-3-8-14-30)31-15-9-4-10-16-31/h2-25H,1H3. The molecular formula is C33H27N. The molecule has 0 radical (unpaired) electrons. The average Bonchev–Trinajstić information content (AvgIpc) is 2.91. The Morgan fingerprint density at radius 3 is 1.44 bits per heavy atom. The van der Waals surface area contributed by atoms with Crippen LogP contribution < -0.4 is 4.90 Å². The molecule has 0 atom stereocenters. The third-order valence-corrected chi connectivity index (χ3v) is 5.94. The molecule has 1 nitrogen and oxygen atoms in total. The van der Waals surface area contributed by atoms with Gasteiger partial charge in [0.05, 0.1) is 0 Å². The molecule has 0 unspecified atom stereocenters. The van der Waals surface area contributed by atoms with Crippen molar-refractivity contribution >= 4 is 28.7 Å². The van der Waals surface area contributed by atoms with Crippen molar-refractivity contribution in [2.75, 3.05) is 4.90 Å². The molecule has 0 aliphatic rings. The largest absolute Gasteiger partial charge is 0.311 e. The third kappa shape index (κ3) is 4.84. The summed E-state index contributed by atoms with van der Waals surface area (Å²) >= 11 is 0. The Morgan fingerprint density at radius 1 is 0.471 bits per heavy atom. The van der Waals surface area contributed by atoms with Crippen molar-refractivity contribution in [2.45, 2.75) is 6.92 Å². The van der Waals surface area contributed by atoms with Gasteiger partial charge in [-0.25, -0.2) is 0 Å². The third-order valence-electron chi connectivity index (χ3n) is 5.94. The topological polar surface area (TPSA) is 3.24 Å². The van der Waals surface area contributed by atoms with Crippen LogP contribution in [0, 0.1) is 6.92 Å². The minimum Gasteiger partial charge on any atom is -0.311 e. The molecule has 0 bridgehead atoms. The normalized spacial score (nSPS) is 11.3. The Labute approximate surface area is 202 Å². The van der Waals surface area contributed by atoms with Crippen molar-refractivity contribution in [3.63, 3.8) is 0 Å². The van der Waals surface area contributed by atoms with Gasteiger partial charge in [0.1, 0.15) is 0 Å². The van der Waals surface area contributed by atoms with E-state index < -0.39 is 0 Å². The maximum absolute atomic E-state index is 2.28. The summed E-state index contributed by atoms with van der Waals surface area (Å²) in [5.41, 5.74) is 9.50. The first-order valence-electron chi connectivity index (χ1n) is 11.6. The molecule has 0 aromatic heterocycles. The number of aryl methyl sites for hydroxylation is 1. The van der Waals surface area contributed by atoms with E-state index in [1.54, 1.807) is 0 Å². The van der Waals surface area contributed by atoms with Crippen LogP contribution >= 0.6 is 0 Å². The van der Waals surface area contributed by atoms with Gasteiger partial charge in [-0.2, -0.15) is 0 Å². The van der Waals surface area contributed by atoms with Gasteiger partial charge in [0.25, 0.3) is 0 Å². The molecule has 164 valence electrons. The maximum Gasteiger partial charge on any atom is 0.0462 e. The molecule has 0 aliphatic heterocycles. The molecule has 34 heavy (non-hydrogen) atoms. The van der Waals surface area contributed by atoms with E-state index in [-0.39, 0.29) is 0 Å². The lowest BCUT2D eigenvalue weighted by atomic mass is 9.95. The van der Waals surface area contributed by atoms with E-state index in [1.165, 1.54) is 27.8 Å². The van der Waals surface area contributed by atoms with E-state index in [4.69, 9.17) is 0 Å². The van der Waals surface area contributed by atoms with Crippen LogP contribution in [0.3, 0.4) is 0 Å². The molecule has 0 spiro atoms. The first kappa shape index (κ1) is 21.5. The number of para-hydroxylation sites is 2. The molecule has 0 saturated heterocycles. The lowest BCUT2D eigenvalue weighted by Crippen LogP contribution is -2.09. The second kappa shape index (κ2) is 10.1. The molecular weight excluding hydrogens is 410 g/mol. The Bertz CT molecular complexity index is 1310. The summed E-state index contributed by atoms with van der Waals surface area (Å²) in [5.74, 6) is 0. The summed E-state index contributed by atoms with van der Waals surface area (Å²) < 4.78 is 0. The van der Waals surface area contributed by atoms with E-state index in [1.807, 2.05) is 0 Å². The van der Waals surface area contributed by atoms with Gasteiger partial charge >= 0.3 is 0 Å². The SMILES string of the molecule is Cc1ccc(C(=Cc2ccc(N(c3ccccc3)c3ccccc3)cc2)c2ccccc2)cc1. The van der Waals surface area contributed by atoms with Gasteiger partial charge in [-0.05, 0) is 71.7 Å². The molecule has 0 heterocycles. The minimum atomic E-state index is 1.13. The van der Waals surface area contributed by atoms with Crippen LogP contribution in [0.1, 0.15) is 22.3 Å². The predicted molar refractivity (Wildman–Crippen MR) is 146 cm³/mol. The van der Waals surface area contributed by atoms with Crippen molar-refractivity contribution in [1.29, 1.82) is 0 Å². The maximum atomic E-state index is 2.28. The fourth-order valence-electron chi connectivity index (χ4n) is 4.17. The zero-order valence-corrected chi connectivity index (χ0v) is 19.3. The summed E-state index contributed by atoms with van der Waals surface area (Å²) in [6.07, 6.45) is 2.28. The lowest BCUT2D eigenvalue weighted by molar-refractivity contribution is 1.28. The summed E-state index contributed by atoms with van der Waals surface area (Å²) in [7, 11) is 0. The number of nitrogens with zero attached hydrogens (tertiary/aromatic N) is 1. The Morgan fingerprint density at radius 2 is 0.912 bits per heavy atom. The van der Waals surface area contributed by atoms with Crippen LogP contribution in [0.5, 0.6) is 0 Å². The molecule has 5 aromatic carbocycles. The highest BCUT2D eigenvalue weighted by Gasteiger charge is 2.12. The van der Waals surface area contributed by atoms with Crippen LogP contribution in [0.2, 0.25) is 0 Å². The number of hydrogen-bond donors (Lipinski definition) is 0. The summed E-state index contributed by atoms with van der Waals surface area (Å²) in [5, 5.41) is 0. The Hall–Kier alpha value is -4.36. The first-order valence-corrected chi connectivity index (χ1v) is 11.6. The smallest absolute Gasteiger partial charge is 0.0462 e. The summed E-state index contributed by atoms with van der Waals surface area (Å²) in [6.45, 7) is 2.12. The summed E-state index contributed by atoms with van der Waals surface area (Å²) in [4.78, 5) is 2.28. The summed E-state index contributed by atoms with van der Waals surface area (Å²) in [6, 6.07) is 49.1. The molecule has 1 heteroatoms. The Kier molecular flexibility index (Phi) is 6.36. The second-order valence-corrected chi connectivity index (χ2v) is 8.39. The van der Waals surface area contributed by atoms with Gasteiger partial charge < -0.3 is 4.90 Å². The highest BCUT2D eigenvalue weighted by molar-refractivity contribution is 5.91. The fraction of sp³-hybridized carbons (Fsp3) is 0.0303. The molecule has 5 aromatic rings. The monoisotopic (exact) mass is 437 g/mol. The predicted octanol–water partition coefficient (Wildman–Crippen LogP) is 9.05. The quantitative estimate of drug-likeness (QED) is 0.239. The highest BCUT2D eigenvalue weighted by Crippen LogP contribution is 2.34. The van der Waals surface area contributed by atoms with Gasteiger partial charge in [-0.1, -0.05) is 109 Å². The van der Waals surface area contributed by atoms with E-state index in [0.29, 0.717) is 0 Å². The van der Waals surface area contributed by atoms with Crippen molar-refractivity contribution in [1.82, 2.24) is 0 Å². The molecule has 0 N–H and O–H groups in total. The van der Waals surface area contributed by atoms with Gasteiger partial charge in [0.2, 0.25) is 0 Å².